The number of hydrogen-bond donors (Lipinski definition) is 1. The molecular weight excluding hydrogens is 360 g/mol. The average Bonchev–Trinajstić information content (AvgIpc) is 3.24. The summed E-state index contributed by atoms with van der Waals surface area (Å²) >= 11 is 0. The molecule has 0 spiro atoms. The van der Waals surface area contributed by atoms with Crippen molar-refractivity contribution in [1.82, 2.24) is 0 Å². The number of hydrogen-bond acceptors (Lipinski definition) is 6. The van der Waals surface area contributed by atoms with Gasteiger partial charge >= 0.3 is 11.9 Å². The first-order chi connectivity index (χ1) is 12.9. The van der Waals surface area contributed by atoms with E-state index in [2.05, 4.69) is 13.5 Å². The molecule has 0 aromatic rings. The first kappa shape index (κ1) is 21.1. The smallest absolute Gasteiger partial charge is 0.334 e. The van der Waals surface area contributed by atoms with Gasteiger partial charge in [0.25, 0.3) is 0 Å². The van der Waals surface area contributed by atoms with E-state index in [1.54, 1.807) is 13.0 Å². The molecule has 6 heteroatoms. The Bertz CT molecular complexity index is 695. The van der Waals surface area contributed by atoms with Crippen molar-refractivity contribution in [3.05, 3.63) is 24.3 Å². The molecule has 0 amide bonds. The predicted molar refractivity (Wildman–Crippen MR) is 103 cm³/mol. The first-order valence-corrected chi connectivity index (χ1v) is 10.1. The first-order valence-electron chi connectivity index (χ1n) is 10.1. The number of carbonyl (C=O) groups is 2. The lowest BCUT2D eigenvalue weighted by atomic mass is 9.82. The van der Waals surface area contributed by atoms with Crippen molar-refractivity contribution in [2.24, 2.45) is 5.92 Å². The fourth-order valence-electron chi connectivity index (χ4n) is 4.39. The average molecular weight is 392 g/mol. The number of aliphatic hydroxyl groups is 1. The lowest BCUT2D eigenvalue weighted by Gasteiger charge is -2.36. The molecule has 0 saturated carbocycles. The lowest BCUT2D eigenvalue weighted by Crippen LogP contribution is -2.46. The van der Waals surface area contributed by atoms with Crippen molar-refractivity contribution in [2.75, 3.05) is 0 Å². The summed E-state index contributed by atoms with van der Waals surface area (Å²) in [4.78, 5) is 24.4. The summed E-state index contributed by atoms with van der Waals surface area (Å²) in [5, 5.41) is 10.7. The lowest BCUT2D eigenvalue weighted by molar-refractivity contribution is -0.181. The molecular formula is C22H32O6. The van der Waals surface area contributed by atoms with E-state index in [-0.39, 0.29) is 17.6 Å². The zero-order valence-corrected chi connectivity index (χ0v) is 17.3. The number of rotatable bonds is 1. The van der Waals surface area contributed by atoms with Crippen molar-refractivity contribution in [2.45, 2.75) is 95.2 Å². The van der Waals surface area contributed by atoms with Gasteiger partial charge in [-0.2, -0.15) is 0 Å². The van der Waals surface area contributed by atoms with E-state index in [0.29, 0.717) is 44.1 Å². The second-order valence-corrected chi connectivity index (χ2v) is 9.22. The molecule has 1 N–H and O–H groups in total. The van der Waals surface area contributed by atoms with E-state index in [4.69, 9.17) is 14.2 Å². The zero-order chi connectivity index (χ0) is 20.7. The summed E-state index contributed by atoms with van der Waals surface area (Å²) in [6.07, 6.45) is 6.59. The summed E-state index contributed by atoms with van der Waals surface area (Å²) < 4.78 is 17.3. The second kappa shape index (κ2) is 7.30. The summed E-state index contributed by atoms with van der Waals surface area (Å²) in [5.41, 5.74) is -1.82. The monoisotopic (exact) mass is 392 g/mol. The molecule has 2 aliphatic heterocycles. The summed E-state index contributed by atoms with van der Waals surface area (Å²) in [6, 6.07) is 0. The number of ether oxygens (including phenoxy) is 3. The quantitative estimate of drug-likeness (QED) is 0.319. The summed E-state index contributed by atoms with van der Waals surface area (Å²) in [7, 11) is 0. The molecule has 2 heterocycles. The topological polar surface area (TPSA) is 85.4 Å². The van der Waals surface area contributed by atoms with E-state index < -0.39 is 29.2 Å². The molecule has 3 rings (SSSR count). The van der Waals surface area contributed by atoms with Gasteiger partial charge in [-0.15, -0.1) is 0 Å². The standard InChI is InChI=1S/C22H32O6/c1-14-16-7-12-22(5,28-19(14)24)17(26-15(2)23)8-11-20(3,25)9-6-10-21(4)18(13-16)27-21/h6,9,16-18,25H,1,7-8,10-13H2,2-5H3/b9-6+/t16-,17+,18-,20-,21+,22-/m1/s1. The minimum absolute atomic E-state index is 0.0193. The van der Waals surface area contributed by atoms with Crippen LogP contribution in [0.5, 0.6) is 0 Å². The Morgan fingerprint density at radius 1 is 1.25 bits per heavy atom. The van der Waals surface area contributed by atoms with Crippen molar-refractivity contribution >= 4 is 11.9 Å². The molecule has 28 heavy (non-hydrogen) atoms. The van der Waals surface area contributed by atoms with Crippen LogP contribution in [-0.4, -0.2) is 46.1 Å². The fourth-order valence-corrected chi connectivity index (χ4v) is 4.39. The van der Waals surface area contributed by atoms with Gasteiger partial charge in [-0.1, -0.05) is 18.7 Å². The van der Waals surface area contributed by atoms with Crippen LogP contribution in [0.2, 0.25) is 0 Å². The largest absolute Gasteiger partial charge is 0.458 e. The molecule has 2 fully saturated rings. The van der Waals surface area contributed by atoms with Gasteiger partial charge in [0.1, 0.15) is 11.7 Å². The van der Waals surface area contributed by atoms with Gasteiger partial charge in [0, 0.05) is 12.5 Å². The summed E-state index contributed by atoms with van der Waals surface area (Å²) in [6.45, 7) is 10.9. The van der Waals surface area contributed by atoms with Gasteiger partial charge in [0.15, 0.2) is 0 Å². The minimum Gasteiger partial charge on any atom is -0.458 e. The third-order valence-electron chi connectivity index (χ3n) is 6.51. The van der Waals surface area contributed by atoms with E-state index in [0.717, 1.165) is 0 Å². The van der Waals surface area contributed by atoms with Crippen LogP contribution in [0.1, 0.15) is 66.2 Å². The number of fused-ring (bicyclic) bond motifs is 4. The van der Waals surface area contributed by atoms with Crippen LogP contribution in [-0.2, 0) is 23.8 Å². The third-order valence-corrected chi connectivity index (χ3v) is 6.51. The molecule has 6 nitrogen and oxygen atoms in total. The maximum absolute atomic E-state index is 12.7. The van der Waals surface area contributed by atoms with Crippen LogP contribution in [0.4, 0.5) is 0 Å². The normalized spacial score (nSPS) is 45.2. The van der Waals surface area contributed by atoms with Crippen LogP contribution in [0.15, 0.2) is 24.3 Å². The van der Waals surface area contributed by atoms with Crippen molar-refractivity contribution < 1.29 is 28.9 Å². The van der Waals surface area contributed by atoms with Gasteiger partial charge in [-0.25, -0.2) is 4.79 Å². The van der Waals surface area contributed by atoms with Crippen LogP contribution in [0, 0.1) is 5.92 Å². The minimum atomic E-state index is -1.06. The van der Waals surface area contributed by atoms with Gasteiger partial charge in [0.2, 0.25) is 0 Å². The Labute approximate surface area is 166 Å². The number of esters is 2. The molecule has 3 aliphatic rings. The Morgan fingerprint density at radius 3 is 2.64 bits per heavy atom. The fraction of sp³-hybridized carbons (Fsp3) is 0.727. The Hall–Kier alpha value is -1.66. The zero-order valence-electron chi connectivity index (χ0n) is 17.3. The van der Waals surface area contributed by atoms with Gasteiger partial charge in [-0.05, 0) is 65.2 Å². The number of carbonyl (C=O) groups excluding carboxylic acids is 2. The van der Waals surface area contributed by atoms with Crippen LogP contribution in [0.3, 0.4) is 0 Å². The van der Waals surface area contributed by atoms with Gasteiger partial charge < -0.3 is 19.3 Å². The third kappa shape index (κ3) is 4.49. The van der Waals surface area contributed by atoms with Crippen LogP contribution < -0.4 is 0 Å². The van der Waals surface area contributed by atoms with Gasteiger partial charge in [0.05, 0.1) is 17.3 Å². The molecule has 2 bridgehead atoms. The molecule has 0 radical (unpaired) electrons. The van der Waals surface area contributed by atoms with Crippen molar-refractivity contribution in [1.29, 1.82) is 0 Å². The highest BCUT2D eigenvalue weighted by atomic mass is 16.6. The van der Waals surface area contributed by atoms with Crippen LogP contribution in [0.25, 0.3) is 0 Å². The maximum atomic E-state index is 12.7. The Kier molecular flexibility index (Phi) is 5.49. The molecule has 156 valence electrons. The van der Waals surface area contributed by atoms with Crippen molar-refractivity contribution in [3.63, 3.8) is 0 Å². The SMILES string of the molecule is C=C1C(=O)O[C@]2(C)CC[C@@H]1C[C@H]1O[C@@]1(C)C/C=C/[C@@](C)(O)CC[C@@H]2OC(C)=O. The van der Waals surface area contributed by atoms with Crippen LogP contribution >= 0.6 is 0 Å². The molecule has 0 aromatic carbocycles. The molecule has 0 unspecified atom stereocenters. The molecule has 6 atom stereocenters. The highest BCUT2D eigenvalue weighted by Gasteiger charge is 2.53. The predicted octanol–water partition coefficient (Wildman–Crippen LogP) is 3.22. The highest BCUT2D eigenvalue weighted by Crippen LogP contribution is 2.47. The van der Waals surface area contributed by atoms with E-state index >= 15 is 0 Å². The molecule has 2 saturated heterocycles. The summed E-state index contributed by atoms with van der Waals surface area (Å²) in [5.74, 6) is -0.890. The maximum Gasteiger partial charge on any atom is 0.334 e. The number of epoxide rings is 1. The van der Waals surface area contributed by atoms with E-state index in [1.807, 2.05) is 13.0 Å². The van der Waals surface area contributed by atoms with E-state index in [9.17, 15) is 14.7 Å². The van der Waals surface area contributed by atoms with Gasteiger partial charge in [-0.3, -0.25) is 4.79 Å². The second-order valence-electron chi connectivity index (χ2n) is 9.22. The highest BCUT2D eigenvalue weighted by molar-refractivity contribution is 5.89. The molecule has 1 aliphatic carbocycles. The Balaban J connectivity index is 1.93. The molecule has 0 aromatic heterocycles. The Morgan fingerprint density at radius 2 is 1.96 bits per heavy atom. The van der Waals surface area contributed by atoms with E-state index in [1.165, 1.54) is 6.92 Å². The van der Waals surface area contributed by atoms with Crippen molar-refractivity contribution in [3.8, 4) is 0 Å².